The maximum Gasteiger partial charge on any atom is 0.309 e. The van der Waals surface area contributed by atoms with Gasteiger partial charge in [0.25, 0.3) is 0 Å². The monoisotopic (exact) mass is 298 g/mol. The van der Waals surface area contributed by atoms with Gasteiger partial charge in [-0.3, -0.25) is 4.79 Å². The van der Waals surface area contributed by atoms with Crippen LogP contribution >= 0.6 is 0 Å². The highest BCUT2D eigenvalue weighted by Crippen LogP contribution is 2.22. The molecule has 0 fully saturated rings. The lowest BCUT2D eigenvalue weighted by Gasteiger charge is -2.15. The summed E-state index contributed by atoms with van der Waals surface area (Å²) in [6.45, 7) is 6.58. The van der Waals surface area contributed by atoms with Crippen molar-refractivity contribution in [3.8, 4) is 5.75 Å². The van der Waals surface area contributed by atoms with Crippen LogP contribution in [0.15, 0.2) is 36.4 Å². The first-order chi connectivity index (χ1) is 10.5. The van der Waals surface area contributed by atoms with Crippen LogP contribution in [0.2, 0.25) is 0 Å². The van der Waals surface area contributed by atoms with Gasteiger partial charge in [-0.1, -0.05) is 35.9 Å². The average molecular weight is 298 g/mol. The normalized spacial score (nSPS) is 10.4. The molecule has 0 heterocycles. The maximum atomic E-state index is 11.5. The molecular formula is C19H22O3. The van der Waals surface area contributed by atoms with E-state index in [1.165, 1.54) is 12.7 Å². The van der Waals surface area contributed by atoms with Crippen molar-refractivity contribution >= 4 is 5.97 Å². The summed E-state index contributed by atoms with van der Waals surface area (Å²) in [6, 6.07) is 12.1. The summed E-state index contributed by atoms with van der Waals surface area (Å²) in [5.41, 5.74) is 5.45. The second-order valence-corrected chi connectivity index (χ2v) is 5.52. The summed E-state index contributed by atoms with van der Waals surface area (Å²) in [6.07, 6.45) is 0.268. The lowest BCUT2D eigenvalue weighted by Crippen LogP contribution is -2.10. The van der Waals surface area contributed by atoms with Crippen LogP contribution in [0.3, 0.4) is 0 Å². The molecule has 0 saturated heterocycles. The van der Waals surface area contributed by atoms with E-state index in [4.69, 9.17) is 9.47 Å². The van der Waals surface area contributed by atoms with Crippen molar-refractivity contribution in [3.05, 3.63) is 64.2 Å². The van der Waals surface area contributed by atoms with Crippen molar-refractivity contribution in [1.82, 2.24) is 0 Å². The number of ether oxygens (including phenoxy) is 2. The smallest absolute Gasteiger partial charge is 0.309 e. The first kappa shape index (κ1) is 16.1. The molecule has 3 nitrogen and oxygen atoms in total. The number of hydrogen-bond acceptors (Lipinski definition) is 3. The number of carbonyl (C=O) groups excluding carboxylic acids is 1. The zero-order valence-corrected chi connectivity index (χ0v) is 13.6. The average Bonchev–Trinajstić information content (AvgIpc) is 2.48. The molecule has 0 bridgehead atoms. The zero-order valence-electron chi connectivity index (χ0n) is 13.6. The van der Waals surface area contributed by atoms with E-state index in [1.54, 1.807) is 0 Å². The van der Waals surface area contributed by atoms with Crippen molar-refractivity contribution in [3.63, 3.8) is 0 Å². The molecule has 0 N–H and O–H groups in total. The molecule has 0 aromatic heterocycles. The fourth-order valence-electron chi connectivity index (χ4n) is 2.47. The standard InChI is InChI=1S/C19H22O3/c1-13-8-9-18(15(3)10-13)22-12-17-14(2)6-5-7-16(17)11-19(20)21-4/h5-10H,11-12H2,1-4H3. The van der Waals surface area contributed by atoms with E-state index in [9.17, 15) is 4.79 Å². The molecule has 3 heteroatoms. The van der Waals surface area contributed by atoms with Crippen molar-refractivity contribution in [2.45, 2.75) is 33.8 Å². The Kier molecular flexibility index (Phi) is 5.21. The van der Waals surface area contributed by atoms with E-state index in [0.29, 0.717) is 6.61 Å². The molecule has 2 aromatic carbocycles. The van der Waals surface area contributed by atoms with Gasteiger partial charge in [-0.05, 0) is 49.1 Å². The molecule has 116 valence electrons. The van der Waals surface area contributed by atoms with Gasteiger partial charge >= 0.3 is 5.97 Å². The van der Waals surface area contributed by atoms with E-state index in [2.05, 4.69) is 13.0 Å². The first-order valence-electron chi connectivity index (χ1n) is 7.35. The SMILES string of the molecule is COC(=O)Cc1cccc(C)c1COc1ccc(C)cc1C. The molecule has 0 unspecified atom stereocenters. The van der Waals surface area contributed by atoms with Crippen LogP contribution < -0.4 is 4.74 Å². The second kappa shape index (κ2) is 7.12. The molecular weight excluding hydrogens is 276 g/mol. The summed E-state index contributed by atoms with van der Waals surface area (Å²) < 4.78 is 10.7. The van der Waals surface area contributed by atoms with E-state index >= 15 is 0 Å². The van der Waals surface area contributed by atoms with Crippen LogP contribution in [0.5, 0.6) is 5.75 Å². The second-order valence-electron chi connectivity index (χ2n) is 5.52. The number of carbonyl (C=O) groups is 1. The fraction of sp³-hybridized carbons (Fsp3) is 0.316. The largest absolute Gasteiger partial charge is 0.489 e. The predicted molar refractivity (Wildman–Crippen MR) is 87.1 cm³/mol. The highest BCUT2D eigenvalue weighted by Gasteiger charge is 2.11. The molecule has 0 aliphatic carbocycles. The zero-order chi connectivity index (χ0) is 16.1. The van der Waals surface area contributed by atoms with Crippen molar-refractivity contribution in [1.29, 1.82) is 0 Å². The van der Waals surface area contributed by atoms with Crippen LogP contribution in [0, 0.1) is 20.8 Å². The Morgan fingerprint density at radius 2 is 1.82 bits per heavy atom. The number of benzene rings is 2. The minimum absolute atomic E-state index is 0.238. The third-order valence-electron chi connectivity index (χ3n) is 3.77. The molecule has 0 atom stereocenters. The van der Waals surface area contributed by atoms with E-state index in [-0.39, 0.29) is 12.4 Å². The summed E-state index contributed by atoms with van der Waals surface area (Å²) in [5.74, 6) is 0.635. The van der Waals surface area contributed by atoms with E-state index in [0.717, 1.165) is 28.0 Å². The first-order valence-corrected chi connectivity index (χ1v) is 7.35. The minimum Gasteiger partial charge on any atom is -0.489 e. The molecule has 0 amide bonds. The number of rotatable bonds is 5. The Balaban J connectivity index is 2.19. The van der Waals surface area contributed by atoms with E-state index < -0.39 is 0 Å². The van der Waals surface area contributed by atoms with Gasteiger partial charge in [0, 0.05) is 0 Å². The Labute approximate surface area is 131 Å². The quantitative estimate of drug-likeness (QED) is 0.785. The summed E-state index contributed by atoms with van der Waals surface area (Å²) in [4.78, 5) is 11.5. The Hall–Kier alpha value is -2.29. The van der Waals surface area contributed by atoms with Crippen LogP contribution in [0.25, 0.3) is 0 Å². The highest BCUT2D eigenvalue weighted by atomic mass is 16.5. The van der Waals surface area contributed by atoms with Crippen molar-refractivity contribution in [2.75, 3.05) is 7.11 Å². The summed E-state index contributed by atoms with van der Waals surface area (Å²) in [7, 11) is 1.41. The molecule has 0 spiro atoms. The predicted octanol–water partition coefficient (Wildman–Crippen LogP) is 3.91. The number of aryl methyl sites for hydroxylation is 3. The fourth-order valence-corrected chi connectivity index (χ4v) is 2.47. The lowest BCUT2D eigenvalue weighted by atomic mass is 10.00. The van der Waals surface area contributed by atoms with Gasteiger partial charge in [0.1, 0.15) is 12.4 Å². The van der Waals surface area contributed by atoms with Crippen molar-refractivity contribution < 1.29 is 14.3 Å². The molecule has 2 aromatic rings. The third kappa shape index (κ3) is 3.88. The number of methoxy groups -OCH3 is 1. The van der Waals surface area contributed by atoms with Gasteiger partial charge in [-0.25, -0.2) is 0 Å². The molecule has 2 rings (SSSR count). The Bertz CT molecular complexity index is 674. The lowest BCUT2D eigenvalue weighted by molar-refractivity contribution is -0.139. The van der Waals surface area contributed by atoms with Crippen LogP contribution in [0.1, 0.15) is 27.8 Å². The van der Waals surface area contributed by atoms with Crippen LogP contribution in [-0.4, -0.2) is 13.1 Å². The molecule has 22 heavy (non-hydrogen) atoms. The number of hydrogen-bond donors (Lipinski definition) is 0. The topological polar surface area (TPSA) is 35.5 Å². The van der Waals surface area contributed by atoms with E-state index in [1.807, 2.05) is 44.2 Å². The van der Waals surface area contributed by atoms with Crippen LogP contribution in [-0.2, 0) is 22.6 Å². The van der Waals surface area contributed by atoms with Crippen molar-refractivity contribution in [2.24, 2.45) is 0 Å². The summed E-state index contributed by atoms with van der Waals surface area (Å²) in [5, 5.41) is 0. The van der Waals surface area contributed by atoms with Crippen LogP contribution in [0.4, 0.5) is 0 Å². The van der Waals surface area contributed by atoms with Gasteiger partial charge in [0.05, 0.1) is 13.5 Å². The van der Waals surface area contributed by atoms with Gasteiger partial charge in [-0.2, -0.15) is 0 Å². The third-order valence-corrected chi connectivity index (χ3v) is 3.77. The molecule has 0 radical (unpaired) electrons. The minimum atomic E-state index is -0.238. The Morgan fingerprint density at radius 3 is 2.50 bits per heavy atom. The van der Waals surface area contributed by atoms with Gasteiger partial charge in [-0.15, -0.1) is 0 Å². The molecule has 0 aliphatic heterocycles. The molecule has 0 saturated carbocycles. The van der Waals surface area contributed by atoms with Gasteiger partial charge in [0.2, 0.25) is 0 Å². The van der Waals surface area contributed by atoms with Gasteiger partial charge in [0.15, 0.2) is 0 Å². The summed E-state index contributed by atoms with van der Waals surface area (Å²) >= 11 is 0. The van der Waals surface area contributed by atoms with Gasteiger partial charge < -0.3 is 9.47 Å². The number of esters is 1. The maximum absolute atomic E-state index is 11.5. The highest BCUT2D eigenvalue weighted by molar-refractivity contribution is 5.73. The molecule has 0 aliphatic rings. The Morgan fingerprint density at radius 1 is 1.05 bits per heavy atom.